The molecule has 0 spiro atoms. The van der Waals surface area contributed by atoms with Crippen molar-refractivity contribution in [3.8, 4) is 0 Å². The number of sulfonamides is 1. The second kappa shape index (κ2) is 11.1. The molecule has 0 aromatic heterocycles. The monoisotopic (exact) mass is 520 g/mol. The molecule has 9 heteroatoms. The number of piperidine rings is 1. The van der Waals surface area contributed by atoms with Crippen molar-refractivity contribution < 1.29 is 18.3 Å². The Bertz CT molecular complexity index is 1430. The van der Waals surface area contributed by atoms with Crippen LogP contribution in [0.25, 0.3) is 10.8 Å². The molecule has 37 heavy (non-hydrogen) atoms. The van der Waals surface area contributed by atoms with E-state index in [1.54, 1.807) is 36.4 Å². The Hall–Kier alpha value is -3.69. The molecule has 1 fully saturated rings. The quantitative estimate of drug-likeness (QED) is 0.238. The number of carboxylic acid groups (broad SMARTS) is 1. The Morgan fingerprint density at radius 2 is 1.78 bits per heavy atom. The van der Waals surface area contributed by atoms with E-state index in [4.69, 9.17) is 16.2 Å². The topological polar surface area (TPSA) is 137 Å². The maximum absolute atomic E-state index is 13.5. The fourth-order valence-corrected chi connectivity index (χ4v) is 6.07. The number of aliphatic carboxylic acids is 1. The molecular formula is C28H32N4O4S. The number of nitrogens with one attached hydrogen (secondary N) is 2. The molecule has 0 bridgehead atoms. The normalized spacial score (nSPS) is 15.4. The molecule has 8 nitrogen and oxygen atoms in total. The summed E-state index contributed by atoms with van der Waals surface area (Å²) in [5, 5.41) is 18.7. The van der Waals surface area contributed by atoms with Crippen LogP contribution in [0.4, 0.5) is 0 Å². The average molecular weight is 521 g/mol. The van der Waals surface area contributed by atoms with Gasteiger partial charge in [0.15, 0.2) is 0 Å². The van der Waals surface area contributed by atoms with Crippen molar-refractivity contribution in [1.29, 1.82) is 5.41 Å². The third-order valence-corrected chi connectivity index (χ3v) is 8.36. The van der Waals surface area contributed by atoms with Gasteiger partial charge in [-0.2, -0.15) is 0 Å². The van der Waals surface area contributed by atoms with Crippen molar-refractivity contribution in [2.24, 2.45) is 11.7 Å². The van der Waals surface area contributed by atoms with Crippen LogP contribution in [0.2, 0.25) is 0 Å². The summed E-state index contributed by atoms with van der Waals surface area (Å²) >= 11 is 0. The number of likely N-dealkylation sites (tertiary alicyclic amines) is 1. The molecule has 5 N–H and O–H groups in total. The van der Waals surface area contributed by atoms with Gasteiger partial charge in [-0.3, -0.25) is 10.2 Å². The number of rotatable bonds is 10. The van der Waals surface area contributed by atoms with Gasteiger partial charge in [0.05, 0.1) is 10.9 Å². The summed E-state index contributed by atoms with van der Waals surface area (Å²) in [6.07, 6.45) is 1.86. The van der Waals surface area contributed by atoms with Crippen molar-refractivity contribution >= 4 is 32.6 Å². The zero-order valence-corrected chi connectivity index (χ0v) is 21.4. The SMILES string of the molecule is C=C([C@H](Cc1cccc(C(=N)N)c1)NS(=O)(=O)c1ccc2ccccc2c1)N1CCC(CC(=O)O)CC1. The predicted octanol–water partition coefficient (Wildman–Crippen LogP) is 3.71. The largest absolute Gasteiger partial charge is 0.481 e. The highest BCUT2D eigenvalue weighted by Crippen LogP contribution is 2.26. The number of amidine groups is 1. The van der Waals surface area contributed by atoms with Crippen LogP contribution < -0.4 is 10.5 Å². The van der Waals surface area contributed by atoms with Gasteiger partial charge in [-0.15, -0.1) is 0 Å². The molecule has 0 aliphatic carbocycles. The van der Waals surface area contributed by atoms with Crippen LogP contribution in [-0.4, -0.2) is 49.4 Å². The fraction of sp³-hybridized carbons (Fsp3) is 0.286. The summed E-state index contributed by atoms with van der Waals surface area (Å²) in [5.41, 5.74) is 7.68. The average Bonchev–Trinajstić information content (AvgIpc) is 2.87. The molecule has 4 rings (SSSR count). The third-order valence-electron chi connectivity index (χ3n) is 6.89. The minimum absolute atomic E-state index is 0.0607. The molecule has 1 aliphatic rings. The number of nitrogens with zero attached hydrogens (tertiary/aromatic N) is 1. The van der Waals surface area contributed by atoms with Gasteiger partial charge < -0.3 is 15.7 Å². The van der Waals surface area contributed by atoms with Crippen molar-refractivity contribution in [1.82, 2.24) is 9.62 Å². The van der Waals surface area contributed by atoms with Gasteiger partial charge in [0, 0.05) is 30.8 Å². The summed E-state index contributed by atoms with van der Waals surface area (Å²) in [6.45, 7) is 5.48. The van der Waals surface area contributed by atoms with Crippen molar-refractivity contribution in [3.05, 3.63) is 90.1 Å². The van der Waals surface area contributed by atoms with E-state index in [0.717, 1.165) is 16.3 Å². The number of hydrogen-bond acceptors (Lipinski definition) is 5. The number of nitrogens with two attached hydrogens (primary N) is 1. The lowest BCUT2D eigenvalue weighted by atomic mass is 9.92. The Labute approximate surface area is 217 Å². The van der Waals surface area contributed by atoms with Gasteiger partial charge in [0.25, 0.3) is 0 Å². The fourth-order valence-electron chi connectivity index (χ4n) is 4.81. The van der Waals surface area contributed by atoms with Crippen LogP contribution in [0.3, 0.4) is 0 Å². The zero-order valence-electron chi connectivity index (χ0n) is 20.6. The number of nitrogen functional groups attached to an aromatic ring is 1. The second-order valence-corrected chi connectivity index (χ2v) is 11.2. The predicted molar refractivity (Wildman–Crippen MR) is 145 cm³/mol. The van der Waals surface area contributed by atoms with Crippen molar-refractivity contribution in [3.63, 3.8) is 0 Å². The highest BCUT2D eigenvalue weighted by molar-refractivity contribution is 7.89. The van der Waals surface area contributed by atoms with Gasteiger partial charge in [-0.05, 0) is 59.7 Å². The Kier molecular flexibility index (Phi) is 7.94. The molecule has 1 aliphatic heterocycles. The standard InChI is InChI=1S/C28H32N4O4S/c1-19(32-13-11-20(12-14-32)17-27(33)34)26(16-21-5-4-8-24(15-21)28(29)30)31-37(35,36)25-10-9-22-6-2-3-7-23(22)18-25/h2-10,15,18,20,26,31H,1,11-14,16-17H2,(H3,29,30)(H,33,34)/t26-/m0/s1. The maximum atomic E-state index is 13.5. The minimum Gasteiger partial charge on any atom is -0.481 e. The zero-order chi connectivity index (χ0) is 26.6. The summed E-state index contributed by atoms with van der Waals surface area (Å²) in [5.74, 6) is -0.764. The number of carboxylic acids is 1. The summed E-state index contributed by atoms with van der Waals surface area (Å²) in [4.78, 5) is 13.3. The molecule has 3 aromatic carbocycles. The van der Waals surface area contributed by atoms with Crippen molar-refractivity contribution in [2.75, 3.05) is 13.1 Å². The number of carbonyl (C=O) groups is 1. The number of fused-ring (bicyclic) bond motifs is 1. The van der Waals surface area contributed by atoms with Gasteiger partial charge >= 0.3 is 5.97 Å². The minimum atomic E-state index is -3.89. The molecule has 0 unspecified atom stereocenters. The molecule has 0 radical (unpaired) electrons. The van der Waals surface area contributed by atoms with Gasteiger partial charge in [-0.25, -0.2) is 13.1 Å². The van der Waals surface area contributed by atoms with Crippen LogP contribution in [-0.2, 0) is 21.2 Å². The molecule has 0 saturated carbocycles. The first-order valence-corrected chi connectivity index (χ1v) is 13.7. The molecule has 1 saturated heterocycles. The van der Waals surface area contributed by atoms with Crippen LogP contribution in [0.1, 0.15) is 30.4 Å². The van der Waals surface area contributed by atoms with Crippen LogP contribution in [0, 0.1) is 11.3 Å². The first-order valence-electron chi connectivity index (χ1n) is 12.2. The van der Waals surface area contributed by atoms with Gasteiger partial charge in [0.1, 0.15) is 5.84 Å². The maximum Gasteiger partial charge on any atom is 0.303 e. The highest BCUT2D eigenvalue weighted by atomic mass is 32.2. The van der Waals surface area contributed by atoms with Crippen LogP contribution in [0.15, 0.2) is 83.9 Å². The molecule has 0 amide bonds. The molecule has 1 atom stereocenters. The summed E-state index contributed by atoms with van der Waals surface area (Å²) < 4.78 is 29.9. The first kappa shape index (κ1) is 26.4. The van der Waals surface area contributed by atoms with E-state index >= 15 is 0 Å². The van der Waals surface area contributed by atoms with E-state index in [0.29, 0.717) is 43.6 Å². The Morgan fingerprint density at radius 3 is 2.46 bits per heavy atom. The molecule has 194 valence electrons. The lowest BCUT2D eigenvalue weighted by Crippen LogP contribution is -2.45. The van der Waals surface area contributed by atoms with Gasteiger partial charge in [-0.1, -0.05) is 55.1 Å². The smallest absolute Gasteiger partial charge is 0.303 e. The summed E-state index contributed by atoms with van der Waals surface area (Å²) in [6, 6.07) is 19.2. The van der Waals surface area contributed by atoms with Gasteiger partial charge in [0.2, 0.25) is 10.0 Å². The van der Waals surface area contributed by atoms with E-state index in [9.17, 15) is 13.2 Å². The number of hydrogen-bond donors (Lipinski definition) is 4. The van der Waals surface area contributed by atoms with E-state index in [1.807, 2.05) is 35.2 Å². The van der Waals surface area contributed by atoms with Crippen LogP contribution in [0.5, 0.6) is 0 Å². The van der Waals surface area contributed by atoms with Crippen LogP contribution >= 0.6 is 0 Å². The molecule has 1 heterocycles. The lowest BCUT2D eigenvalue weighted by Gasteiger charge is -2.37. The Balaban J connectivity index is 1.60. The molecular weight excluding hydrogens is 488 g/mol. The van der Waals surface area contributed by atoms with E-state index in [2.05, 4.69) is 11.3 Å². The number of benzene rings is 3. The molecule has 3 aromatic rings. The summed E-state index contributed by atoms with van der Waals surface area (Å²) in [7, 11) is -3.89. The Morgan fingerprint density at radius 1 is 1.08 bits per heavy atom. The van der Waals surface area contributed by atoms with E-state index in [1.165, 1.54) is 0 Å². The van der Waals surface area contributed by atoms with E-state index in [-0.39, 0.29) is 23.1 Å². The first-order chi connectivity index (χ1) is 17.6. The lowest BCUT2D eigenvalue weighted by molar-refractivity contribution is -0.138. The highest BCUT2D eigenvalue weighted by Gasteiger charge is 2.29. The third kappa shape index (κ3) is 6.55. The van der Waals surface area contributed by atoms with E-state index < -0.39 is 22.0 Å². The van der Waals surface area contributed by atoms with Crippen molar-refractivity contribution in [2.45, 2.75) is 36.6 Å². The second-order valence-electron chi connectivity index (χ2n) is 9.52.